The highest BCUT2D eigenvalue weighted by Crippen LogP contribution is 2.16. The monoisotopic (exact) mass is 345 g/mol. The molecule has 1 heterocycles. The number of non-ortho nitro benzene ring substituents is 1. The number of carbonyl (C=O) groups is 1. The first kappa shape index (κ1) is 17.6. The maximum atomic E-state index is 12.4. The van der Waals surface area contributed by atoms with Crippen LogP contribution >= 0.6 is 12.4 Å². The van der Waals surface area contributed by atoms with Gasteiger partial charge in [0.1, 0.15) is 5.84 Å². The third-order valence-electron chi connectivity index (χ3n) is 3.75. The van der Waals surface area contributed by atoms with Gasteiger partial charge in [-0.3, -0.25) is 19.9 Å². The number of rotatable bonds is 4. The van der Waals surface area contributed by atoms with Crippen LogP contribution in [-0.2, 0) is 0 Å². The summed E-state index contributed by atoms with van der Waals surface area (Å²) >= 11 is 0. The molecule has 0 aliphatic carbocycles. The molecule has 0 bridgehead atoms. The molecule has 24 heavy (non-hydrogen) atoms. The average molecular weight is 346 g/mol. The molecule has 1 aliphatic heterocycles. The van der Waals surface area contributed by atoms with Crippen LogP contribution in [0.5, 0.6) is 0 Å². The van der Waals surface area contributed by atoms with Crippen LogP contribution in [0.15, 0.2) is 59.6 Å². The standard InChI is InChI=1S/C17H15N3O3.ClH/c21-16(12-5-2-1-3-6-12)14-10-18-17(19-11-14)13-7-4-8-15(9-13)20(22)23;/h1-9,14H,10-11H2,(H,18,19);1H. The highest BCUT2D eigenvalue weighted by Gasteiger charge is 2.24. The topological polar surface area (TPSA) is 84.6 Å². The van der Waals surface area contributed by atoms with Gasteiger partial charge in [-0.05, 0) is 0 Å². The van der Waals surface area contributed by atoms with Crippen molar-refractivity contribution in [1.29, 1.82) is 0 Å². The summed E-state index contributed by atoms with van der Waals surface area (Å²) in [5.41, 5.74) is 1.35. The van der Waals surface area contributed by atoms with Gasteiger partial charge >= 0.3 is 0 Å². The molecule has 0 spiro atoms. The van der Waals surface area contributed by atoms with E-state index in [4.69, 9.17) is 0 Å². The Morgan fingerprint density at radius 3 is 2.54 bits per heavy atom. The summed E-state index contributed by atoms with van der Waals surface area (Å²) in [6.07, 6.45) is 0. The predicted molar refractivity (Wildman–Crippen MR) is 94.0 cm³/mol. The second-order valence-electron chi connectivity index (χ2n) is 5.30. The Morgan fingerprint density at radius 2 is 1.92 bits per heavy atom. The molecule has 0 fully saturated rings. The van der Waals surface area contributed by atoms with Crippen molar-refractivity contribution in [1.82, 2.24) is 5.32 Å². The summed E-state index contributed by atoms with van der Waals surface area (Å²) in [6.45, 7) is 0.841. The van der Waals surface area contributed by atoms with Crippen LogP contribution in [0.4, 0.5) is 5.69 Å². The van der Waals surface area contributed by atoms with Crippen LogP contribution < -0.4 is 5.32 Å². The fourth-order valence-electron chi connectivity index (χ4n) is 2.52. The van der Waals surface area contributed by atoms with Crippen molar-refractivity contribution in [3.05, 3.63) is 75.8 Å². The summed E-state index contributed by atoms with van der Waals surface area (Å²) in [4.78, 5) is 27.2. The van der Waals surface area contributed by atoms with Gasteiger partial charge < -0.3 is 5.32 Å². The van der Waals surface area contributed by atoms with Gasteiger partial charge in [-0.25, -0.2) is 0 Å². The Labute approximate surface area is 145 Å². The molecule has 0 saturated carbocycles. The predicted octanol–water partition coefficient (Wildman–Crippen LogP) is 2.87. The highest BCUT2D eigenvalue weighted by molar-refractivity contribution is 6.02. The molecular weight excluding hydrogens is 330 g/mol. The van der Waals surface area contributed by atoms with Crippen molar-refractivity contribution in [2.45, 2.75) is 0 Å². The molecule has 0 aromatic heterocycles. The van der Waals surface area contributed by atoms with E-state index in [0.717, 1.165) is 0 Å². The lowest BCUT2D eigenvalue weighted by atomic mass is 9.96. The SMILES string of the molecule is Cl.O=C(c1ccccc1)C1CN=C(c2cccc([N+](=O)[O-])c2)NC1. The maximum Gasteiger partial charge on any atom is 0.270 e. The maximum absolute atomic E-state index is 12.4. The molecule has 2 aromatic carbocycles. The normalized spacial score (nSPS) is 16.3. The number of Topliss-reactive ketones (excluding diaryl/α,β-unsaturated/α-hetero) is 1. The zero-order valence-corrected chi connectivity index (χ0v) is 13.5. The van der Waals surface area contributed by atoms with Crippen molar-refractivity contribution in [2.75, 3.05) is 13.1 Å². The van der Waals surface area contributed by atoms with Gasteiger partial charge in [0.2, 0.25) is 0 Å². The zero-order valence-electron chi connectivity index (χ0n) is 12.7. The molecule has 0 radical (unpaired) electrons. The first-order valence-electron chi connectivity index (χ1n) is 7.27. The number of amidine groups is 1. The van der Waals surface area contributed by atoms with Crippen LogP contribution in [0.2, 0.25) is 0 Å². The van der Waals surface area contributed by atoms with Gasteiger partial charge in [0, 0.05) is 29.8 Å². The number of nitro groups is 1. The van der Waals surface area contributed by atoms with Crippen molar-refractivity contribution in [3.8, 4) is 0 Å². The van der Waals surface area contributed by atoms with Crippen molar-refractivity contribution >= 4 is 29.7 Å². The number of nitro benzene ring substituents is 1. The second kappa shape index (κ2) is 7.70. The number of aliphatic imine (C=N–C) groups is 1. The molecule has 1 N–H and O–H groups in total. The minimum Gasteiger partial charge on any atom is -0.369 e. The first-order valence-corrected chi connectivity index (χ1v) is 7.27. The molecule has 2 aromatic rings. The Morgan fingerprint density at radius 1 is 1.17 bits per heavy atom. The molecule has 124 valence electrons. The van der Waals surface area contributed by atoms with Gasteiger partial charge in [-0.1, -0.05) is 42.5 Å². The number of ketones is 1. The summed E-state index contributed by atoms with van der Waals surface area (Å²) in [7, 11) is 0. The minimum atomic E-state index is -0.436. The molecule has 1 unspecified atom stereocenters. The number of nitrogens with zero attached hydrogens (tertiary/aromatic N) is 2. The molecule has 1 aliphatic rings. The molecule has 6 nitrogen and oxygen atoms in total. The number of nitrogens with one attached hydrogen (secondary N) is 1. The Balaban J connectivity index is 0.00000208. The molecule has 1 atom stereocenters. The Bertz CT molecular complexity index is 778. The summed E-state index contributed by atoms with van der Waals surface area (Å²) in [5.74, 6) is 0.422. The van der Waals surface area contributed by atoms with Gasteiger partial charge in [0.05, 0.1) is 17.4 Å². The van der Waals surface area contributed by atoms with Crippen molar-refractivity contribution in [3.63, 3.8) is 0 Å². The van der Waals surface area contributed by atoms with Gasteiger partial charge in [0.15, 0.2) is 5.78 Å². The van der Waals surface area contributed by atoms with E-state index in [1.807, 2.05) is 18.2 Å². The number of halogens is 1. The second-order valence-corrected chi connectivity index (χ2v) is 5.30. The quantitative estimate of drug-likeness (QED) is 0.524. The number of hydrogen-bond acceptors (Lipinski definition) is 5. The van der Waals surface area contributed by atoms with Crippen LogP contribution in [0.3, 0.4) is 0 Å². The number of carbonyl (C=O) groups excluding carboxylic acids is 1. The van der Waals surface area contributed by atoms with Crippen LogP contribution in [0, 0.1) is 16.0 Å². The first-order chi connectivity index (χ1) is 11.1. The number of hydrogen-bond donors (Lipinski definition) is 1. The molecule has 7 heteroatoms. The summed E-state index contributed by atoms with van der Waals surface area (Å²) < 4.78 is 0. The van der Waals surface area contributed by atoms with Crippen molar-refractivity contribution in [2.24, 2.45) is 10.9 Å². The van der Waals surface area contributed by atoms with Gasteiger partial charge in [0.25, 0.3) is 5.69 Å². The lowest BCUT2D eigenvalue weighted by Crippen LogP contribution is -2.39. The Kier molecular flexibility index (Phi) is 5.65. The van der Waals surface area contributed by atoms with E-state index >= 15 is 0 Å². The smallest absolute Gasteiger partial charge is 0.270 e. The third kappa shape index (κ3) is 3.78. The minimum absolute atomic E-state index is 0. The molecule has 3 rings (SSSR count). The summed E-state index contributed by atoms with van der Waals surface area (Å²) in [6, 6.07) is 15.4. The molecule has 0 saturated heterocycles. The van der Waals surface area contributed by atoms with E-state index in [2.05, 4.69) is 10.3 Å². The largest absolute Gasteiger partial charge is 0.369 e. The van der Waals surface area contributed by atoms with E-state index in [-0.39, 0.29) is 29.8 Å². The summed E-state index contributed by atoms with van der Waals surface area (Å²) in [5, 5.41) is 13.9. The fraction of sp³-hybridized carbons (Fsp3) is 0.176. The number of benzene rings is 2. The van der Waals surface area contributed by atoms with E-state index in [0.29, 0.717) is 30.1 Å². The van der Waals surface area contributed by atoms with Crippen molar-refractivity contribution < 1.29 is 9.72 Å². The third-order valence-corrected chi connectivity index (χ3v) is 3.75. The van der Waals surface area contributed by atoms with Gasteiger partial charge in [-0.15, -0.1) is 12.4 Å². The zero-order chi connectivity index (χ0) is 16.2. The molecule has 0 amide bonds. The van der Waals surface area contributed by atoms with E-state index in [1.54, 1.807) is 24.3 Å². The van der Waals surface area contributed by atoms with E-state index < -0.39 is 4.92 Å². The highest BCUT2D eigenvalue weighted by atomic mass is 35.5. The Hall–Kier alpha value is -2.73. The lowest BCUT2D eigenvalue weighted by Gasteiger charge is -2.22. The van der Waals surface area contributed by atoms with Crippen LogP contribution in [0.25, 0.3) is 0 Å². The molecular formula is C17H16ClN3O3. The van der Waals surface area contributed by atoms with Crippen LogP contribution in [0.1, 0.15) is 15.9 Å². The van der Waals surface area contributed by atoms with Crippen LogP contribution in [-0.4, -0.2) is 29.6 Å². The van der Waals surface area contributed by atoms with E-state index in [1.165, 1.54) is 12.1 Å². The fourth-order valence-corrected chi connectivity index (χ4v) is 2.52. The van der Waals surface area contributed by atoms with Gasteiger partial charge in [-0.2, -0.15) is 0 Å². The lowest BCUT2D eigenvalue weighted by molar-refractivity contribution is -0.384. The van der Waals surface area contributed by atoms with E-state index in [9.17, 15) is 14.9 Å². The average Bonchev–Trinajstić information content (AvgIpc) is 2.62.